The average Bonchev–Trinajstić information content (AvgIpc) is 3.25. The fourth-order valence-corrected chi connectivity index (χ4v) is 4.63. The molecule has 0 amide bonds. The van der Waals surface area contributed by atoms with Crippen LogP contribution in [0.5, 0.6) is 5.75 Å². The molecule has 10 heteroatoms. The minimum absolute atomic E-state index is 0.0286. The molecule has 0 spiro atoms. The quantitative estimate of drug-likeness (QED) is 0.332. The summed E-state index contributed by atoms with van der Waals surface area (Å²) in [7, 11) is -4.06. The lowest BCUT2D eigenvalue weighted by Gasteiger charge is -2.17. The van der Waals surface area contributed by atoms with Gasteiger partial charge in [-0.2, -0.15) is 8.42 Å². The molecule has 0 radical (unpaired) electrons. The first-order valence-corrected chi connectivity index (χ1v) is 11.2. The van der Waals surface area contributed by atoms with Crippen molar-refractivity contribution < 1.29 is 12.6 Å². The molecule has 0 aliphatic carbocycles. The van der Waals surface area contributed by atoms with Crippen molar-refractivity contribution in [3.05, 3.63) is 103 Å². The number of aromatic nitrogens is 4. The standard InChI is InChI=1S/C22H22N4O5S/c1-12-7-9-17(10-8-12)32(29,30)31-16-6-4-5-15(11-16)20(18-13(2)23-25-21(18)27)19-14(3)24-26-22(19)28/h4-11,20H,1-3H3,(H2,23,25,27)(H2,24,26,28). The van der Waals surface area contributed by atoms with E-state index in [-0.39, 0.29) is 21.8 Å². The smallest absolute Gasteiger partial charge is 0.339 e. The Hall–Kier alpha value is -3.79. The van der Waals surface area contributed by atoms with Crippen LogP contribution in [-0.2, 0) is 10.1 Å². The van der Waals surface area contributed by atoms with E-state index in [2.05, 4.69) is 20.4 Å². The second kappa shape index (κ2) is 8.04. The van der Waals surface area contributed by atoms with E-state index in [1.807, 2.05) is 6.92 Å². The van der Waals surface area contributed by atoms with Crippen molar-refractivity contribution in [2.24, 2.45) is 0 Å². The first-order chi connectivity index (χ1) is 15.2. The van der Waals surface area contributed by atoms with Crippen molar-refractivity contribution in [3.63, 3.8) is 0 Å². The average molecular weight is 455 g/mol. The molecule has 0 aliphatic rings. The zero-order chi connectivity index (χ0) is 23.0. The molecule has 9 nitrogen and oxygen atoms in total. The summed E-state index contributed by atoms with van der Waals surface area (Å²) in [6, 6.07) is 12.7. The second-order valence-corrected chi connectivity index (χ2v) is 9.14. The van der Waals surface area contributed by atoms with Gasteiger partial charge in [0.15, 0.2) is 0 Å². The van der Waals surface area contributed by atoms with E-state index in [4.69, 9.17) is 4.18 Å². The van der Waals surface area contributed by atoms with Crippen LogP contribution >= 0.6 is 0 Å². The number of aromatic amines is 4. The Bertz CT molecular complexity index is 1440. The third-order valence-electron chi connectivity index (χ3n) is 5.31. The Morgan fingerprint density at radius 1 is 0.781 bits per heavy atom. The van der Waals surface area contributed by atoms with Gasteiger partial charge in [-0.25, -0.2) is 0 Å². The highest BCUT2D eigenvalue weighted by Crippen LogP contribution is 2.33. The maximum absolute atomic E-state index is 12.7. The van der Waals surface area contributed by atoms with E-state index < -0.39 is 16.0 Å². The highest BCUT2D eigenvalue weighted by atomic mass is 32.2. The van der Waals surface area contributed by atoms with Gasteiger partial charge in [0.2, 0.25) is 0 Å². The topological polar surface area (TPSA) is 141 Å². The molecule has 0 bridgehead atoms. The summed E-state index contributed by atoms with van der Waals surface area (Å²) in [5, 5.41) is 10.6. The van der Waals surface area contributed by atoms with Gasteiger partial charge in [-0.3, -0.25) is 19.8 Å². The summed E-state index contributed by atoms with van der Waals surface area (Å²) in [6.07, 6.45) is 0. The van der Waals surface area contributed by atoms with Crippen molar-refractivity contribution >= 4 is 10.1 Å². The lowest BCUT2D eigenvalue weighted by atomic mass is 9.85. The predicted molar refractivity (Wildman–Crippen MR) is 119 cm³/mol. The predicted octanol–water partition coefficient (Wildman–Crippen LogP) is 2.59. The van der Waals surface area contributed by atoms with Crippen LogP contribution in [0.2, 0.25) is 0 Å². The highest BCUT2D eigenvalue weighted by Gasteiger charge is 2.28. The number of hydrogen-bond acceptors (Lipinski definition) is 5. The van der Waals surface area contributed by atoms with Crippen LogP contribution in [0.15, 0.2) is 63.0 Å². The molecule has 0 fully saturated rings. The van der Waals surface area contributed by atoms with Crippen molar-refractivity contribution in [1.29, 1.82) is 0 Å². The van der Waals surface area contributed by atoms with Crippen LogP contribution < -0.4 is 15.3 Å². The maximum atomic E-state index is 12.7. The molecule has 0 aliphatic heterocycles. The molecule has 166 valence electrons. The molecule has 4 rings (SSSR count). The van der Waals surface area contributed by atoms with Crippen LogP contribution in [-0.4, -0.2) is 28.8 Å². The van der Waals surface area contributed by atoms with Crippen LogP contribution in [0.4, 0.5) is 0 Å². The van der Waals surface area contributed by atoms with Gasteiger partial charge in [-0.05, 0) is 50.6 Å². The van der Waals surface area contributed by atoms with Gasteiger partial charge >= 0.3 is 10.1 Å². The summed E-state index contributed by atoms with van der Waals surface area (Å²) in [6.45, 7) is 5.30. The van der Waals surface area contributed by atoms with Crippen LogP contribution in [0.25, 0.3) is 0 Å². The molecule has 0 unspecified atom stereocenters. The minimum Gasteiger partial charge on any atom is -0.379 e. The van der Waals surface area contributed by atoms with Crippen LogP contribution in [0, 0.1) is 20.8 Å². The van der Waals surface area contributed by atoms with E-state index >= 15 is 0 Å². The molecular formula is C22H22N4O5S. The third kappa shape index (κ3) is 3.92. The highest BCUT2D eigenvalue weighted by molar-refractivity contribution is 7.87. The number of H-pyrrole nitrogens is 4. The van der Waals surface area contributed by atoms with Gasteiger partial charge in [0, 0.05) is 17.3 Å². The summed E-state index contributed by atoms with van der Waals surface area (Å²) in [5.74, 6) is -0.673. The number of nitrogens with one attached hydrogen (secondary N) is 4. The van der Waals surface area contributed by atoms with Gasteiger partial charge in [-0.1, -0.05) is 29.8 Å². The Morgan fingerprint density at radius 2 is 1.34 bits per heavy atom. The lowest BCUT2D eigenvalue weighted by molar-refractivity contribution is 0.485. The van der Waals surface area contributed by atoms with E-state index in [0.717, 1.165) is 5.56 Å². The number of benzene rings is 2. The van der Waals surface area contributed by atoms with Gasteiger partial charge in [-0.15, -0.1) is 0 Å². The van der Waals surface area contributed by atoms with E-state index in [9.17, 15) is 18.0 Å². The Kier molecular flexibility index (Phi) is 5.39. The SMILES string of the molecule is Cc1ccc(S(=O)(=O)Oc2cccc(C(c3c(C)[nH][nH]c3=O)c3c(C)[nH][nH]c3=O)c2)cc1. The first kappa shape index (κ1) is 21.4. The third-order valence-corrected chi connectivity index (χ3v) is 6.57. The Morgan fingerprint density at radius 3 is 1.84 bits per heavy atom. The normalized spacial score (nSPS) is 11.8. The molecule has 2 aromatic heterocycles. The molecular weight excluding hydrogens is 432 g/mol. The Labute approximate surface area is 183 Å². The monoisotopic (exact) mass is 454 g/mol. The summed E-state index contributed by atoms with van der Waals surface area (Å²) >= 11 is 0. The zero-order valence-electron chi connectivity index (χ0n) is 17.6. The zero-order valence-corrected chi connectivity index (χ0v) is 18.5. The van der Waals surface area contributed by atoms with Gasteiger partial charge in [0.25, 0.3) is 11.1 Å². The second-order valence-electron chi connectivity index (χ2n) is 7.59. The molecule has 2 aromatic carbocycles. The minimum atomic E-state index is -4.06. The van der Waals surface area contributed by atoms with E-state index in [0.29, 0.717) is 28.1 Å². The first-order valence-electron chi connectivity index (χ1n) is 9.83. The van der Waals surface area contributed by atoms with Crippen molar-refractivity contribution in [3.8, 4) is 5.75 Å². The molecule has 32 heavy (non-hydrogen) atoms. The fourth-order valence-electron chi connectivity index (χ4n) is 3.71. The van der Waals surface area contributed by atoms with Gasteiger partial charge in [0.05, 0.1) is 11.1 Å². The fraction of sp³-hybridized carbons (Fsp3) is 0.182. The lowest BCUT2D eigenvalue weighted by Crippen LogP contribution is -2.20. The van der Waals surface area contributed by atoms with Gasteiger partial charge in [0.1, 0.15) is 10.6 Å². The molecule has 2 heterocycles. The Balaban J connectivity index is 1.81. The summed E-state index contributed by atoms with van der Waals surface area (Å²) in [4.78, 5) is 25.2. The molecule has 4 aromatic rings. The van der Waals surface area contributed by atoms with E-state index in [1.54, 1.807) is 38.1 Å². The van der Waals surface area contributed by atoms with E-state index in [1.165, 1.54) is 24.3 Å². The molecule has 0 atom stereocenters. The van der Waals surface area contributed by atoms with Crippen LogP contribution in [0.3, 0.4) is 0 Å². The summed E-state index contributed by atoms with van der Waals surface area (Å²) in [5.41, 5.74) is 2.57. The largest absolute Gasteiger partial charge is 0.379 e. The van der Waals surface area contributed by atoms with Crippen molar-refractivity contribution in [2.75, 3.05) is 0 Å². The number of hydrogen-bond donors (Lipinski definition) is 4. The maximum Gasteiger partial charge on any atom is 0.339 e. The molecule has 4 N–H and O–H groups in total. The molecule has 0 saturated heterocycles. The molecule has 0 saturated carbocycles. The van der Waals surface area contributed by atoms with Crippen LogP contribution in [0.1, 0.15) is 39.6 Å². The van der Waals surface area contributed by atoms with Gasteiger partial charge < -0.3 is 14.4 Å². The number of aryl methyl sites for hydroxylation is 3. The summed E-state index contributed by atoms with van der Waals surface area (Å²) < 4.78 is 30.8. The van der Waals surface area contributed by atoms with Crippen molar-refractivity contribution in [2.45, 2.75) is 31.6 Å². The number of rotatable bonds is 6. The van der Waals surface area contributed by atoms with Crippen molar-refractivity contribution in [1.82, 2.24) is 20.4 Å².